The lowest BCUT2D eigenvalue weighted by molar-refractivity contribution is -0.687. The molecule has 6 nitrogen and oxygen atoms in total. The summed E-state index contributed by atoms with van der Waals surface area (Å²) in [6.45, 7) is 0.623. The van der Waals surface area contributed by atoms with Crippen molar-refractivity contribution in [2.75, 3.05) is 0 Å². The predicted octanol–water partition coefficient (Wildman–Crippen LogP) is 6.27. The van der Waals surface area contributed by atoms with Crippen LogP contribution in [0.1, 0.15) is 22.7 Å². The van der Waals surface area contributed by atoms with E-state index in [1.54, 1.807) is 24.3 Å². The number of nitrogens with zero attached hydrogens (tertiary/aromatic N) is 3. The number of benzene rings is 4. The van der Waals surface area contributed by atoms with Crippen LogP contribution >= 0.6 is 0 Å². The van der Waals surface area contributed by atoms with Crippen molar-refractivity contribution in [2.45, 2.75) is 12.6 Å². The molecule has 170 valence electrons. The molecule has 0 radical (unpaired) electrons. The summed E-state index contributed by atoms with van der Waals surface area (Å²) >= 11 is 0. The number of nitro benzene ring substituents is 1. The van der Waals surface area contributed by atoms with Gasteiger partial charge in [0, 0.05) is 34.0 Å². The first-order valence-electron chi connectivity index (χ1n) is 11.4. The highest BCUT2D eigenvalue weighted by atomic mass is 16.6. The van der Waals surface area contributed by atoms with Gasteiger partial charge in [0.25, 0.3) is 5.69 Å². The smallest absolute Gasteiger partial charge is 0.269 e. The number of aromatic nitrogens is 2. The van der Waals surface area contributed by atoms with Crippen molar-refractivity contribution in [2.24, 2.45) is 0 Å². The third kappa shape index (κ3) is 3.95. The molecule has 0 bridgehead atoms. The Morgan fingerprint density at radius 2 is 1.57 bits per heavy atom. The summed E-state index contributed by atoms with van der Waals surface area (Å²) in [6.07, 6.45) is 6.18. The molecule has 0 fully saturated rings. The van der Waals surface area contributed by atoms with Gasteiger partial charge in [-0.05, 0) is 35.9 Å². The second kappa shape index (κ2) is 8.57. The minimum absolute atomic E-state index is 0.0210. The molecule has 35 heavy (non-hydrogen) atoms. The van der Waals surface area contributed by atoms with Crippen molar-refractivity contribution >= 4 is 27.6 Å². The Balaban J connectivity index is 1.39. The first kappa shape index (κ1) is 20.9. The normalized spacial score (nSPS) is 12.2. The van der Waals surface area contributed by atoms with Crippen molar-refractivity contribution in [1.29, 1.82) is 0 Å². The van der Waals surface area contributed by atoms with E-state index in [2.05, 4.69) is 70.2 Å². The molecule has 1 unspecified atom stereocenters. The van der Waals surface area contributed by atoms with E-state index in [0.717, 1.165) is 33.1 Å². The van der Waals surface area contributed by atoms with Gasteiger partial charge in [0.15, 0.2) is 6.04 Å². The van der Waals surface area contributed by atoms with Crippen LogP contribution in [0.25, 0.3) is 21.9 Å². The molecule has 0 saturated heterocycles. The summed E-state index contributed by atoms with van der Waals surface area (Å²) in [4.78, 5) is 10.6. The Morgan fingerprint density at radius 1 is 0.829 bits per heavy atom. The number of imidazole rings is 1. The maximum absolute atomic E-state index is 10.9. The summed E-state index contributed by atoms with van der Waals surface area (Å²) < 4.78 is 10.3. The minimum Gasteiger partial charge on any atom is -0.456 e. The second-order valence-electron chi connectivity index (χ2n) is 8.62. The van der Waals surface area contributed by atoms with Crippen molar-refractivity contribution in [3.63, 3.8) is 0 Å². The lowest BCUT2D eigenvalue weighted by Crippen LogP contribution is -2.32. The van der Waals surface area contributed by atoms with Gasteiger partial charge in [-0.25, -0.2) is 9.13 Å². The molecule has 2 heterocycles. The summed E-state index contributed by atoms with van der Waals surface area (Å²) in [7, 11) is 0. The Labute approximate surface area is 201 Å². The molecule has 0 spiro atoms. The van der Waals surface area contributed by atoms with Crippen LogP contribution in [0.2, 0.25) is 0 Å². The third-order valence-electron chi connectivity index (χ3n) is 6.35. The molecule has 6 rings (SSSR count). The van der Waals surface area contributed by atoms with E-state index in [4.69, 9.17) is 4.42 Å². The van der Waals surface area contributed by atoms with Gasteiger partial charge in [-0.15, -0.1) is 0 Å². The minimum atomic E-state index is -0.377. The fourth-order valence-electron chi connectivity index (χ4n) is 4.68. The summed E-state index contributed by atoms with van der Waals surface area (Å²) in [5.41, 5.74) is 5.20. The third-order valence-corrected chi connectivity index (χ3v) is 6.35. The van der Waals surface area contributed by atoms with E-state index in [1.165, 1.54) is 5.56 Å². The topological polar surface area (TPSA) is 65.1 Å². The van der Waals surface area contributed by atoms with Gasteiger partial charge in [0.05, 0.1) is 4.92 Å². The van der Waals surface area contributed by atoms with E-state index >= 15 is 0 Å². The van der Waals surface area contributed by atoms with Crippen LogP contribution in [0.15, 0.2) is 120 Å². The lowest BCUT2D eigenvalue weighted by Gasteiger charge is -2.15. The monoisotopic (exact) mass is 460 g/mol. The summed E-state index contributed by atoms with van der Waals surface area (Å²) in [5.74, 6) is 0. The number of non-ortho nitro benzene ring substituents is 1. The molecule has 0 N–H and O–H groups in total. The number of furan rings is 1. The van der Waals surface area contributed by atoms with Crippen molar-refractivity contribution in [3.05, 3.63) is 143 Å². The molecular weight excluding hydrogens is 438 g/mol. The van der Waals surface area contributed by atoms with E-state index in [-0.39, 0.29) is 16.7 Å². The molecular formula is C29H22N3O3+. The molecule has 0 amide bonds. The van der Waals surface area contributed by atoms with E-state index < -0.39 is 0 Å². The van der Waals surface area contributed by atoms with Crippen molar-refractivity contribution < 1.29 is 13.9 Å². The molecule has 6 aromatic rings. The maximum Gasteiger partial charge on any atom is 0.269 e. The van der Waals surface area contributed by atoms with Gasteiger partial charge in [-0.2, -0.15) is 0 Å². The van der Waals surface area contributed by atoms with Gasteiger partial charge < -0.3 is 4.42 Å². The zero-order chi connectivity index (χ0) is 23.8. The maximum atomic E-state index is 10.9. The van der Waals surface area contributed by atoms with E-state index in [1.807, 2.05) is 30.5 Å². The molecule has 0 aliphatic carbocycles. The van der Waals surface area contributed by atoms with Gasteiger partial charge in [-0.1, -0.05) is 54.6 Å². The average Bonchev–Trinajstić information content (AvgIpc) is 3.49. The SMILES string of the molecule is O=[N+]([O-])c1ccc(C[n+]2ccn(C(c3ccccc3)c3ccc4oc5ccccc5c4c3)c2)cc1. The first-order chi connectivity index (χ1) is 17.2. The van der Waals surface area contributed by atoms with Gasteiger partial charge in [-0.3, -0.25) is 10.1 Å². The van der Waals surface area contributed by atoms with Crippen molar-refractivity contribution in [3.8, 4) is 0 Å². The fourth-order valence-corrected chi connectivity index (χ4v) is 4.68. The zero-order valence-corrected chi connectivity index (χ0v) is 18.8. The molecule has 1 atom stereocenters. The number of hydrogen-bond donors (Lipinski definition) is 0. The zero-order valence-electron chi connectivity index (χ0n) is 18.8. The standard InChI is InChI=1S/C29H22N3O3/c33-32(34)24-13-10-21(11-14-24)19-30-16-17-31(20-30)29(22-6-2-1-3-7-22)23-12-15-28-26(18-23)25-8-4-5-9-27(25)35-28/h1-18,20,29H,19H2/q+1. The van der Waals surface area contributed by atoms with Crippen LogP contribution in [-0.4, -0.2) is 9.49 Å². The number of fused-ring (bicyclic) bond motifs is 3. The van der Waals surface area contributed by atoms with Crippen LogP contribution in [0.5, 0.6) is 0 Å². The molecule has 6 heteroatoms. The molecule has 0 aliphatic rings. The van der Waals surface area contributed by atoms with Crippen LogP contribution in [0.4, 0.5) is 5.69 Å². The van der Waals surface area contributed by atoms with Gasteiger partial charge in [0.2, 0.25) is 6.33 Å². The largest absolute Gasteiger partial charge is 0.456 e. The average molecular weight is 461 g/mol. The Bertz CT molecular complexity index is 1650. The van der Waals surface area contributed by atoms with Crippen LogP contribution in [0, 0.1) is 10.1 Å². The number of para-hydroxylation sites is 1. The fraction of sp³-hybridized carbons (Fsp3) is 0.0690. The van der Waals surface area contributed by atoms with Gasteiger partial charge >= 0.3 is 0 Å². The van der Waals surface area contributed by atoms with Crippen molar-refractivity contribution in [1.82, 2.24) is 4.57 Å². The Hall–Kier alpha value is -4.71. The van der Waals surface area contributed by atoms with Crippen LogP contribution in [-0.2, 0) is 6.54 Å². The molecule has 2 aromatic heterocycles. The van der Waals surface area contributed by atoms with Crippen LogP contribution < -0.4 is 4.57 Å². The number of hydrogen-bond acceptors (Lipinski definition) is 3. The summed E-state index contributed by atoms with van der Waals surface area (Å²) in [6, 6.07) is 31.6. The number of rotatable bonds is 6. The number of nitro groups is 1. The molecule has 0 saturated carbocycles. The van der Waals surface area contributed by atoms with E-state index in [0.29, 0.717) is 6.54 Å². The highest BCUT2D eigenvalue weighted by Gasteiger charge is 2.23. The van der Waals surface area contributed by atoms with Crippen LogP contribution in [0.3, 0.4) is 0 Å². The van der Waals surface area contributed by atoms with Gasteiger partial charge in [0.1, 0.15) is 30.1 Å². The molecule has 4 aromatic carbocycles. The highest BCUT2D eigenvalue weighted by Crippen LogP contribution is 2.33. The second-order valence-corrected chi connectivity index (χ2v) is 8.62. The Kier molecular flexibility index (Phi) is 5.11. The lowest BCUT2D eigenvalue weighted by atomic mass is 9.97. The quantitative estimate of drug-likeness (QED) is 0.167. The predicted molar refractivity (Wildman–Crippen MR) is 134 cm³/mol. The van der Waals surface area contributed by atoms with E-state index in [9.17, 15) is 10.1 Å². The Morgan fingerprint density at radius 3 is 2.37 bits per heavy atom. The summed E-state index contributed by atoms with van der Waals surface area (Å²) in [5, 5.41) is 13.2. The first-order valence-corrected chi connectivity index (χ1v) is 11.4. The molecule has 0 aliphatic heterocycles. The highest BCUT2D eigenvalue weighted by molar-refractivity contribution is 6.05.